The molecule has 7 nitrogen and oxygen atoms in total. The number of piperazine rings is 1. The number of hydrogen-bond acceptors (Lipinski definition) is 3. The van der Waals surface area contributed by atoms with E-state index in [2.05, 4.69) is 5.32 Å². The summed E-state index contributed by atoms with van der Waals surface area (Å²) in [5.41, 5.74) is 4.44. The van der Waals surface area contributed by atoms with Crippen molar-refractivity contribution in [3.05, 3.63) is 0 Å². The van der Waals surface area contributed by atoms with Gasteiger partial charge < -0.3 is 20.9 Å². The van der Waals surface area contributed by atoms with E-state index >= 15 is 0 Å². The Labute approximate surface area is 118 Å². The molecular weight excluding hydrogens is 260 g/mol. The molecule has 112 valence electrons. The normalized spacial score (nSPS) is 26.1. The molecule has 2 fully saturated rings. The van der Waals surface area contributed by atoms with Crippen LogP contribution in [0.2, 0.25) is 0 Å². The van der Waals surface area contributed by atoms with Crippen molar-refractivity contribution in [1.82, 2.24) is 15.1 Å². The van der Waals surface area contributed by atoms with Crippen molar-refractivity contribution in [2.75, 3.05) is 26.2 Å². The summed E-state index contributed by atoms with van der Waals surface area (Å²) in [5.74, 6) is -0.461. The molecule has 4 amide bonds. The summed E-state index contributed by atoms with van der Waals surface area (Å²) in [7, 11) is 0. The summed E-state index contributed by atoms with van der Waals surface area (Å²) in [6.45, 7) is 5.42. The van der Waals surface area contributed by atoms with E-state index in [-0.39, 0.29) is 17.7 Å². The molecule has 0 saturated carbocycles. The predicted molar refractivity (Wildman–Crippen MR) is 72.7 cm³/mol. The standard InChI is InChI=1S/C13H22N4O3/c1-13(2)11(19)15-5-7-17(13)10(18)9-4-3-6-16(8-9)12(14)20/h9H,3-8H2,1-2H3,(H2,14,20)(H,15,19). The van der Waals surface area contributed by atoms with Crippen molar-refractivity contribution in [1.29, 1.82) is 0 Å². The summed E-state index contributed by atoms with van der Waals surface area (Å²) in [6, 6.07) is -0.488. The highest BCUT2D eigenvalue weighted by Crippen LogP contribution is 2.25. The second-order valence-corrected chi connectivity index (χ2v) is 5.93. The van der Waals surface area contributed by atoms with Crippen LogP contribution >= 0.6 is 0 Å². The Morgan fingerprint density at radius 3 is 2.70 bits per heavy atom. The number of carbonyl (C=O) groups excluding carboxylic acids is 3. The molecule has 0 aromatic heterocycles. The first kappa shape index (κ1) is 14.6. The second-order valence-electron chi connectivity index (χ2n) is 5.93. The fourth-order valence-corrected chi connectivity index (χ4v) is 2.88. The summed E-state index contributed by atoms with van der Waals surface area (Å²) < 4.78 is 0. The van der Waals surface area contributed by atoms with E-state index in [4.69, 9.17) is 5.73 Å². The Morgan fingerprint density at radius 1 is 1.35 bits per heavy atom. The topological polar surface area (TPSA) is 95.7 Å². The zero-order valence-electron chi connectivity index (χ0n) is 12.0. The van der Waals surface area contributed by atoms with Gasteiger partial charge in [-0.15, -0.1) is 0 Å². The predicted octanol–water partition coefficient (Wildman–Crippen LogP) is -0.486. The van der Waals surface area contributed by atoms with Gasteiger partial charge in [-0.2, -0.15) is 0 Å². The molecule has 0 aliphatic carbocycles. The van der Waals surface area contributed by atoms with Crippen LogP contribution < -0.4 is 11.1 Å². The number of piperidine rings is 1. The summed E-state index contributed by atoms with van der Waals surface area (Å²) in [6.07, 6.45) is 1.50. The molecule has 2 saturated heterocycles. The van der Waals surface area contributed by atoms with Gasteiger partial charge in [-0.25, -0.2) is 4.79 Å². The molecule has 2 aliphatic heterocycles. The summed E-state index contributed by atoms with van der Waals surface area (Å²) >= 11 is 0. The first-order valence-electron chi connectivity index (χ1n) is 6.98. The molecule has 3 N–H and O–H groups in total. The van der Waals surface area contributed by atoms with Crippen LogP contribution in [-0.2, 0) is 9.59 Å². The highest BCUT2D eigenvalue weighted by Gasteiger charge is 2.43. The van der Waals surface area contributed by atoms with Crippen molar-refractivity contribution >= 4 is 17.8 Å². The van der Waals surface area contributed by atoms with Gasteiger partial charge in [0.2, 0.25) is 11.8 Å². The van der Waals surface area contributed by atoms with Crippen LogP contribution in [0.15, 0.2) is 0 Å². The minimum Gasteiger partial charge on any atom is -0.352 e. The lowest BCUT2D eigenvalue weighted by Gasteiger charge is -2.44. The molecule has 0 aromatic rings. The number of rotatable bonds is 1. The fourth-order valence-electron chi connectivity index (χ4n) is 2.88. The van der Waals surface area contributed by atoms with Crippen LogP contribution in [0.3, 0.4) is 0 Å². The van der Waals surface area contributed by atoms with Gasteiger partial charge in [-0.3, -0.25) is 9.59 Å². The van der Waals surface area contributed by atoms with Crippen LogP contribution in [0, 0.1) is 5.92 Å². The third-order valence-electron chi connectivity index (χ3n) is 4.20. The Balaban J connectivity index is 2.10. The van der Waals surface area contributed by atoms with E-state index in [1.807, 2.05) is 0 Å². The Kier molecular flexibility index (Phi) is 3.87. The van der Waals surface area contributed by atoms with Gasteiger partial charge in [-0.1, -0.05) is 0 Å². The minimum atomic E-state index is -0.843. The van der Waals surface area contributed by atoms with Crippen molar-refractivity contribution in [3.8, 4) is 0 Å². The minimum absolute atomic E-state index is 0.0594. The molecule has 7 heteroatoms. The lowest BCUT2D eigenvalue weighted by atomic mass is 9.92. The molecule has 2 aliphatic rings. The molecule has 1 atom stereocenters. The van der Waals surface area contributed by atoms with E-state index in [9.17, 15) is 14.4 Å². The monoisotopic (exact) mass is 282 g/mol. The SMILES string of the molecule is CC1(C)C(=O)NCCN1C(=O)C1CCCN(C(N)=O)C1. The average molecular weight is 282 g/mol. The van der Waals surface area contributed by atoms with Crippen molar-refractivity contribution in [3.63, 3.8) is 0 Å². The average Bonchev–Trinajstić information content (AvgIpc) is 2.41. The van der Waals surface area contributed by atoms with Gasteiger partial charge >= 0.3 is 6.03 Å². The molecule has 0 aromatic carbocycles. The maximum absolute atomic E-state index is 12.6. The largest absolute Gasteiger partial charge is 0.352 e. The number of amides is 4. The van der Waals surface area contributed by atoms with Crippen LogP contribution in [0.5, 0.6) is 0 Å². The molecule has 2 rings (SSSR count). The zero-order valence-corrected chi connectivity index (χ0v) is 12.0. The van der Waals surface area contributed by atoms with E-state index in [0.29, 0.717) is 26.2 Å². The van der Waals surface area contributed by atoms with E-state index < -0.39 is 11.6 Å². The van der Waals surface area contributed by atoms with Crippen LogP contribution in [0.1, 0.15) is 26.7 Å². The van der Waals surface area contributed by atoms with Crippen molar-refractivity contribution < 1.29 is 14.4 Å². The van der Waals surface area contributed by atoms with E-state index in [1.54, 1.807) is 18.7 Å². The molecule has 0 spiro atoms. The van der Waals surface area contributed by atoms with Crippen molar-refractivity contribution in [2.45, 2.75) is 32.2 Å². The Bertz CT molecular complexity index is 435. The zero-order chi connectivity index (χ0) is 14.9. The number of likely N-dealkylation sites (tertiary alicyclic amines) is 1. The maximum atomic E-state index is 12.6. The quantitative estimate of drug-likeness (QED) is 0.679. The number of primary amides is 1. The Hall–Kier alpha value is -1.79. The molecular formula is C13H22N4O3. The first-order valence-corrected chi connectivity index (χ1v) is 6.98. The van der Waals surface area contributed by atoms with Crippen LogP contribution in [0.25, 0.3) is 0 Å². The number of urea groups is 1. The molecule has 20 heavy (non-hydrogen) atoms. The summed E-state index contributed by atoms with van der Waals surface area (Å²) in [5, 5.41) is 2.77. The second kappa shape index (κ2) is 5.30. The maximum Gasteiger partial charge on any atom is 0.314 e. The first-order chi connectivity index (χ1) is 9.34. The third kappa shape index (κ3) is 2.57. The van der Waals surface area contributed by atoms with Gasteiger partial charge in [-0.05, 0) is 26.7 Å². The summed E-state index contributed by atoms with van der Waals surface area (Å²) in [4.78, 5) is 38.9. The lowest BCUT2D eigenvalue weighted by Crippen LogP contribution is -2.65. The number of nitrogens with zero attached hydrogens (tertiary/aromatic N) is 2. The molecule has 1 unspecified atom stereocenters. The van der Waals surface area contributed by atoms with Gasteiger partial charge in [0.1, 0.15) is 5.54 Å². The lowest BCUT2D eigenvalue weighted by molar-refractivity contribution is -0.153. The number of hydrogen-bond donors (Lipinski definition) is 2. The third-order valence-corrected chi connectivity index (χ3v) is 4.20. The van der Waals surface area contributed by atoms with Crippen LogP contribution in [0.4, 0.5) is 4.79 Å². The highest BCUT2D eigenvalue weighted by atomic mass is 16.2. The van der Waals surface area contributed by atoms with Crippen molar-refractivity contribution in [2.24, 2.45) is 11.7 Å². The van der Waals surface area contributed by atoms with Gasteiger partial charge in [0.15, 0.2) is 0 Å². The molecule has 0 radical (unpaired) electrons. The van der Waals surface area contributed by atoms with Gasteiger partial charge in [0, 0.05) is 26.2 Å². The smallest absolute Gasteiger partial charge is 0.314 e. The number of nitrogens with two attached hydrogens (primary N) is 1. The van der Waals surface area contributed by atoms with Gasteiger partial charge in [0.25, 0.3) is 0 Å². The van der Waals surface area contributed by atoms with E-state index in [1.165, 1.54) is 4.90 Å². The fraction of sp³-hybridized carbons (Fsp3) is 0.769. The molecule has 2 heterocycles. The van der Waals surface area contributed by atoms with Gasteiger partial charge in [0.05, 0.1) is 5.92 Å². The number of nitrogens with one attached hydrogen (secondary N) is 1. The highest BCUT2D eigenvalue weighted by molar-refractivity contribution is 5.92. The number of carbonyl (C=O) groups is 3. The van der Waals surface area contributed by atoms with E-state index in [0.717, 1.165) is 12.8 Å². The van der Waals surface area contributed by atoms with Crippen LogP contribution in [-0.4, -0.2) is 59.4 Å². The Morgan fingerprint density at radius 2 is 2.05 bits per heavy atom. The molecule has 0 bridgehead atoms.